The van der Waals surface area contributed by atoms with Gasteiger partial charge in [0.1, 0.15) is 12.1 Å². The minimum absolute atomic E-state index is 0.332. The highest BCUT2D eigenvalue weighted by Crippen LogP contribution is 2.07. The van der Waals surface area contributed by atoms with E-state index in [2.05, 4.69) is 25.7 Å². The topological polar surface area (TPSA) is 84.7 Å². The predicted molar refractivity (Wildman–Crippen MR) is 60.1 cm³/mol. The van der Waals surface area contributed by atoms with Gasteiger partial charge in [-0.25, -0.2) is 19.4 Å². The third-order valence-electron chi connectivity index (χ3n) is 1.82. The van der Waals surface area contributed by atoms with Crippen LogP contribution in [0.15, 0.2) is 30.9 Å². The van der Waals surface area contributed by atoms with Crippen molar-refractivity contribution < 1.29 is 4.79 Å². The van der Waals surface area contributed by atoms with Crippen LogP contribution in [0.4, 0.5) is 10.6 Å². The monoisotopic (exact) mass is 228 g/mol. The quantitative estimate of drug-likeness (QED) is 0.574. The highest BCUT2D eigenvalue weighted by molar-refractivity contribution is 5.89. The number of terminal acetylenes is 1. The molecule has 0 saturated carbocycles. The Morgan fingerprint density at radius 2 is 2.35 bits per heavy atom. The molecule has 2 aromatic heterocycles. The van der Waals surface area contributed by atoms with Gasteiger partial charge in [-0.2, -0.15) is 5.10 Å². The van der Waals surface area contributed by atoms with Crippen LogP contribution in [0.3, 0.4) is 0 Å². The normalized spacial score (nSPS) is 9.35. The maximum absolute atomic E-state index is 11.2. The first-order valence-corrected chi connectivity index (χ1v) is 4.64. The summed E-state index contributed by atoms with van der Waals surface area (Å²) in [6, 6.07) is 4.81. The molecule has 0 spiro atoms. The first-order valence-electron chi connectivity index (χ1n) is 4.64. The average molecular weight is 228 g/mol. The molecule has 0 aliphatic heterocycles. The third-order valence-corrected chi connectivity index (χ3v) is 1.82. The van der Waals surface area contributed by atoms with Crippen LogP contribution in [0.5, 0.6) is 0 Å². The lowest BCUT2D eigenvalue weighted by Gasteiger charge is -2.04. The Bertz CT molecular complexity index is 556. The van der Waals surface area contributed by atoms with E-state index in [1.165, 1.54) is 6.33 Å². The number of rotatable bonds is 2. The van der Waals surface area contributed by atoms with Crippen molar-refractivity contribution in [3.63, 3.8) is 0 Å². The second-order valence-electron chi connectivity index (χ2n) is 2.94. The van der Waals surface area contributed by atoms with Gasteiger partial charge in [-0.3, -0.25) is 10.6 Å². The van der Waals surface area contributed by atoms with Gasteiger partial charge < -0.3 is 0 Å². The van der Waals surface area contributed by atoms with Gasteiger partial charge in [0, 0.05) is 24.5 Å². The smallest absolute Gasteiger partial charge is 0.291 e. The fourth-order valence-corrected chi connectivity index (χ4v) is 1.16. The molecule has 0 aliphatic carbocycles. The minimum Gasteiger partial charge on any atom is -0.291 e. The van der Waals surface area contributed by atoms with Crippen LogP contribution in [0, 0.1) is 12.5 Å². The summed E-state index contributed by atoms with van der Waals surface area (Å²) in [7, 11) is 0. The summed E-state index contributed by atoms with van der Waals surface area (Å²) in [6.45, 7) is 0. The van der Waals surface area contributed by atoms with Gasteiger partial charge >= 0.3 is 6.03 Å². The number of carbonyl (C=O) groups is 1. The SMILES string of the molecule is C#CNC(=O)Nc1cc(-n2cccn2)ncn1. The summed E-state index contributed by atoms with van der Waals surface area (Å²) >= 11 is 0. The molecule has 0 fully saturated rings. The number of hydrogen-bond acceptors (Lipinski definition) is 4. The number of urea groups is 1. The lowest BCUT2D eigenvalue weighted by molar-refractivity contribution is 0.255. The average Bonchev–Trinajstić information content (AvgIpc) is 2.83. The van der Waals surface area contributed by atoms with Gasteiger partial charge in [0.25, 0.3) is 0 Å². The molecule has 17 heavy (non-hydrogen) atoms. The maximum atomic E-state index is 11.2. The Kier molecular flexibility index (Phi) is 2.98. The van der Waals surface area contributed by atoms with Gasteiger partial charge in [0.15, 0.2) is 5.82 Å². The Balaban J connectivity index is 2.18. The van der Waals surface area contributed by atoms with E-state index < -0.39 is 6.03 Å². The number of aromatic nitrogens is 4. The van der Waals surface area contributed by atoms with Crippen molar-refractivity contribution in [3.8, 4) is 18.3 Å². The first kappa shape index (κ1) is 10.6. The van der Waals surface area contributed by atoms with Gasteiger partial charge in [-0.05, 0) is 6.07 Å². The van der Waals surface area contributed by atoms with Crippen molar-refractivity contribution in [2.45, 2.75) is 0 Å². The molecule has 0 bridgehead atoms. The lowest BCUT2D eigenvalue weighted by Crippen LogP contribution is -2.24. The number of nitrogens with one attached hydrogen (secondary N) is 2. The molecule has 7 nitrogen and oxygen atoms in total. The number of amides is 2. The highest BCUT2D eigenvalue weighted by Gasteiger charge is 2.04. The van der Waals surface area contributed by atoms with Crippen LogP contribution in [0.2, 0.25) is 0 Å². The van der Waals surface area contributed by atoms with Gasteiger partial charge in [0.05, 0.1) is 0 Å². The van der Waals surface area contributed by atoms with E-state index >= 15 is 0 Å². The number of anilines is 1. The Labute approximate surface area is 96.9 Å². The van der Waals surface area contributed by atoms with Crippen LogP contribution in [-0.2, 0) is 0 Å². The van der Waals surface area contributed by atoms with Crippen LogP contribution < -0.4 is 10.6 Å². The van der Waals surface area contributed by atoms with Crippen molar-refractivity contribution >= 4 is 11.8 Å². The number of hydrogen-bond donors (Lipinski definition) is 2. The van der Waals surface area contributed by atoms with Crippen molar-refractivity contribution in [2.24, 2.45) is 0 Å². The molecule has 2 amide bonds. The van der Waals surface area contributed by atoms with Gasteiger partial charge in [-0.15, -0.1) is 0 Å². The zero-order valence-electron chi connectivity index (χ0n) is 8.66. The summed E-state index contributed by atoms with van der Waals surface area (Å²) in [5.74, 6) is 0.874. The molecule has 84 valence electrons. The van der Waals surface area contributed by atoms with Crippen LogP contribution >= 0.6 is 0 Å². The largest absolute Gasteiger partial charge is 0.332 e. The van der Waals surface area contributed by atoms with Crippen LogP contribution in [0.25, 0.3) is 5.82 Å². The van der Waals surface area contributed by atoms with Gasteiger partial charge in [0.2, 0.25) is 0 Å². The van der Waals surface area contributed by atoms with Crippen molar-refractivity contribution in [1.82, 2.24) is 25.1 Å². The Morgan fingerprint density at radius 1 is 1.47 bits per heavy atom. The summed E-state index contributed by atoms with van der Waals surface area (Å²) in [6.07, 6.45) is 9.60. The second-order valence-corrected chi connectivity index (χ2v) is 2.94. The van der Waals surface area contributed by atoms with Crippen molar-refractivity contribution in [3.05, 3.63) is 30.9 Å². The molecule has 0 atom stereocenters. The molecule has 2 rings (SSSR count). The molecular formula is C10H8N6O. The summed E-state index contributed by atoms with van der Waals surface area (Å²) in [4.78, 5) is 19.1. The number of carbonyl (C=O) groups excluding carboxylic acids is 1. The standard InChI is InChI=1S/C10H8N6O/c1-2-11-10(17)15-8-6-9(13-7-12-8)16-5-3-4-14-16/h1,3-7H,(H2,11,12,13,15,17). The van der Waals surface area contributed by atoms with E-state index in [4.69, 9.17) is 6.42 Å². The van der Waals surface area contributed by atoms with E-state index in [0.29, 0.717) is 11.6 Å². The van der Waals surface area contributed by atoms with E-state index in [1.807, 2.05) is 6.04 Å². The molecule has 0 radical (unpaired) electrons. The zero-order valence-corrected chi connectivity index (χ0v) is 8.66. The minimum atomic E-state index is -0.530. The summed E-state index contributed by atoms with van der Waals surface area (Å²) < 4.78 is 1.55. The zero-order chi connectivity index (χ0) is 12.1. The molecule has 0 unspecified atom stereocenters. The van der Waals surface area contributed by atoms with E-state index in [-0.39, 0.29) is 0 Å². The number of nitrogens with zero attached hydrogens (tertiary/aromatic N) is 4. The molecule has 0 saturated heterocycles. The van der Waals surface area contributed by atoms with E-state index in [9.17, 15) is 4.79 Å². The highest BCUT2D eigenvalue weighted by atomic mass is 16.2. The molecule has 2 N–H and O–H groups in total. The van der Waals surface area contributed by atoms with Gasteiger partial charge in [-0.1, -0.05) is 6.42 Å². The molecule has 0 aliphatic rings. The lowest BCUT2D eigenvalue weighted by atomic mass is 10.5. The predicted octanol–water partition coefficient (Wildman–Crippen LogP) is 0.374. The van der Waals surface area contributed by atoms with Crippen molar-refractivity contribution in [2.75, 3.05) is 5.32 Å². The Morgan fingerprint density at radius 3 is 3.06 bits per heavy atom. The van der Waals surface area contributed by atoms with Crippen LogP contribution in [-0.4, -0.2) is 25.8 Å². The Hall–Kier alpha value is -2.88. The molecule has 0 aromatic carbocycles. The van der Waals surface area contributed by atoms with Crippen molar-refractivity contribution in [1.29, 1.82) is 0 Å². The summed E-state index contributed by atoms with van der Waals surface area (Å²) in [5.41, 5.74) is 0. The third kappa shape index (κ3) is 2.57. The summed E-state index contributed by atoms with van der Waals surface area (Å²) in [5, 5.41) is 8.61. The van der Waals surface area contributed by atoms with Crippen LogP contribution in [0.1, 0.15) is 0 Å². The molecular weight excluding hydrogens is 220 g/mol. The fourth-order valence-electron chi connectivity index (χ4n) is 1.16. The maximum Gasteiger partial charge on any atom is 0.332 e. The molecule has 7 heteroatoms. The second kappa shape index (κ2) is 4.76. The fraction of sp³-hybridized carbons (Fsp3) is 0. The van der Waals surface area contributed by atoms with E-state index in [1.54, 1.807) is 29.2 Å². The molecule has 2 aromatic rings. The molecule has 2 heterocycles. The first-order chi connectivity index (χ1) is 8.29. The van der Waals surface area contributed by atoms with E-state index in [0.717, 1.165) is 0 Å².